The van der Waals surface area contributed by atoms with Crippen molar-refractivity contribution in [2.45, 2.75) is 6.92 Å². The summed E-state index contributed by atoms with van der Waals surface area (Å²) >= 11 is 5.00. The molecule has 3 aromatic rings. The number of H-pyrrole nitrogens is 1. The van der Waals surface area contributed by atoms with Gasteiger partial charge >= 0.3 is 0 Å². The molecule has 0 unspecified atom stereocenters. The van der Waals surface area contributed by atoms with Crippen LogP contribution in [0, 0.1) is 11.7 Å². The minimum absolute atomic E-state index is 0.353. The maximum atomic E-state index is 5.81. The van der Waals surface area contributed by atoms with Gasteiger partial charge in [0.15, 0.2) is 0 Å². The molecule has 6 nitrogen and oxygen atoms in total. The number of aryl methyl sites for hydroxylation is 1. The van der Waals surface area contributed by atoms with Crippen molar-refractivity contribution < 1.29 is 0 Å². The van der Waals surface area contributed by atoms with E-state index in [0.29, 0.717) is 10.7 Å². The molecular weight excluding hydrogens is 260 g/mol. The van der Waals surface area contributed by atoms with Crippen LogP contribution in [0.4, 0.5) is 0 Å². The first-order valence-corrected chi connectivity index (χ1v) is 6.12. The minimum Gasteiger partial charge on any atom is -0.334 e. The van der Waals surface area contributed by atoms with E-state index in [9.17, 15) is 0 Å². The molecule has 0 aliphatic carbocycles. The first-order chi connectivity index (χ1) is 9.16. The molecule has 0 saturated carbocycles. The molecule has 0 bridgehead atoms. The lowest BCUT2D eigenvalue weighted by molar-refractivity contribution is 0.750. The fraction of sp³-hybridized carbons (Fsp3) is 0.0833. The van der Waals surface area contributed by atoms with E-state index in [1.807, 2.05) is 43.3 Å². The van der Waals surface area contributed by atoms with Crippen molar-refractivity contribution in [2.24, 2.45) is 0 Å². The Morgan fingerprint density at radius 3 is 2.63 bits per heavy atom. The van der Waals surface area contributed by atoms with Gasteiger partial charge in [-0.2, -0.15) is 9.77 Å². The van der Waals surface area contributed by atoms with Crippen molar-refractivity contribution in [1.29, 1.82) is 0 Å². The summed E-state index contributed by atoms with van der Waals surface area (Å²) in [6.07, 6.45) is 0. The zero-order chi connectivity index (χ0) is 13.4. The maximum Gasteiger partial charge on any atom is 0.269 e. The van der Waals surface area contributed by atoms with Gasteiger partial charge in [0.1, 0.15) is 0 Å². The number of nitrogens with one attached hydrogen (secondary N) is 1. The number of rotatable bonds is 2. The second-order valence-electron chi connectivity index (χ2n) is 4.15. The normalized spacial score (nSPS) is 10.8. The Kier molecular flexibility index (Phi) is 2.68. The van der Waals surface area contributed by atoms with Crippen LogP contribution >= 0.6 is 12.2 Å². The van der Waals surface area contributed by atoms with Crippen molar-refractivity contribution in [2.75, 3.05) is 5.84 Å². The van der Waals surface area contributed by atoms with Crippen molar-refractivity contribution in [3.8, 4) is 17.2 Å². The molecule has 1 aromatic carbocycles. The third kappa shape index (κ3) is 1.93. The highest BCUT2D eigenvalue weighted by Crippen LogP contribution is 2.19. The first kappa shape index (κ1) is 11.7. The number of hydrogen-bond donors (Lipinski definition) is 2. The van der Waals surface area contributed by atoms with Gasteiger partial charge in [0.2, 0.25) is 4.77 Å². The van der Waals surface area contributed by atoms with Crippen LogP contribution in [0.1, 0.15) is 5.69 Å². The summed E-state index contributed by atoms with van der Waals surface area (Å²) in [5.41, 5.74) is 2.84. The van der Waals surface area contributed by atoms with Crippen LogP contribution < -0.4 is 5.84 Å². The fourth-order valence-corrected chi connectivity index (χ4v) is 2.00. The molecule has 96 valence electrons. The predicted molar refractivity (Wildman–Crippen MR) is 74.9 cm³/mol. The van der Waals surface area contributed by atoms with Crippen LogP contribution in [-0.4, -0.2) is 24.7 Å². The summed E-state index contributed by atoms with van der Waals surface area (Å²) in [7, 11) is 0. The molecule has 0 saturated heterocycles. The molecule has 0 amide bonds. The van der Waals surface area contributed by atoms with E-state index in [0.717, 1.165) is 17.0 Å². The Hall–Kier alpha value is -2.41. The number of nitrogens with two attached hydrogens (primary N) is 1. The van der Waals surface area contributed by atoms with Crippen LogP contribution in [0.3, 0.4) is 0 Å². The van der Waals surface area contributed by atoms with Gasteiger partial charge in [0.05, 0.1) is 5.69 Å². The van der Waals surface area contributed by atoms with Gasteiger partial charge in [-0.25, -0.2) is 9.78 Å². The van der Waals surface area contributed by atoms with Gasteiger partial charge in [-0.15, -0.1) is 5.10 Å². The molecule has 0 spiro atoms. The fourth-order valence-electron chi connectivity index (χ4n) is 1.87. The highest BCUT2D eigenvalue weighted by Gasteiger charge is 2.12. The Labute approximate surface area is 114 Å². The van der Waals surface area contributed by atoms with E-state index < -0.39 is 0 Å². The van der Waals surface area contributed by atoms with E-state index in [-0.39, 0.29) is 0 Å². The molecule has 0 aliphatic rings. The molecule has 3 rings (SSSR count). The highest BCUT2D eigenvalue weighted by molar-refractivity contribution is 7.71. The average Bonchev–Trinajstić information content (AvgIpc) is 2.96. The van der Waals surface area contributed by atoms with E-state index in [4.69, 9.17) is 18.1 Å². The topological polar surface area (TPSA) is 77.5 Å². The maximum absolute atomic E-state index is 5.81. The van der Waals surface area contributed by atoms with Crippen LogP contribution in [0.5, 0.6) is 0 Å². The summed E-state index contributed by atoms with van der Waals surface area (Å²) in [5.74, 6) is 6.27. The lowest BCUT2D eigenvalue weighted by atomic mass is 10.1. The summed E-state index contributed by atoms with van der Waals surface area (Å²) in [5, 5.41) is 11.2. The number of aromatic amines is 1. The number of benzene rings is 1. The molecule has 0 radical (unpaired) electrons. The largest absolute Gasteiger partial charge is 0.334 e. The molecule has 7 heteroatoms. The summed E-state index contributed by atoms with van der Waals surface area (Å²) in [4.78, 5) is 0. The number of nitrogens with zero attached hydrogens (tertiary/aromatic N) is 4. The lowest BCUT2D eigenvalue weighted by Gasteiger charge is -2.01. The molecule has 0 aliphatic heterocycles. The molecule has 2 heterocycles. The number of aromatic nitrogens is 5. The average molecular weight is 272 g/mol. The Balaban J connectivity index is 2.13. The number of hydrogen-bond acceptors (Lipinski definition) is 4. The molecule has 2 aromatic heterocycles. The molecule has 3 N–H and O–H groups in total. The summed E-state index contributed by atoms with van der Waals surface area (Å²) in [6, 6.07) is 11.9. The third-order valence-corrected chi connectivity index (χ3v) is 3.12. The van der Waals surface area contributed by atoms with Crippen LogP contribution in [-0.2, 0) is 0 Å². The standard InChI is InChI=1S/C12H12N6S/c1-8-7-10(9-5-3-2-4-6-9)16-18(8)11-14-15-12(19)17(11)13/h2-7H,13H2,1H3,(H,15,19). The van der Waals surface area contributed by atoms with Crippen LogP contribution in [0.2, 0.25) is 0 Å². The van der Waals surface area contributed by atoms with Gasteiger partial charge in [-0.05, 0) is 25.2 Å². The Bertz CT molecular complexity index is 767. The minimum atomic E-state index is 0.353. The highest BCUT2D eigenvalue weighted by atomic mass is 32.1. The van der Waals surface area contributed by atoms with E-state index in [1.54, 1.807) is 4.68 Å². The zero-order valence-electron chi connectivity index (χ0n) is 10.2. The van der Waals surface area contributed by atoms with Crippen molar-refractivity contribution in [3.05, 3.63) is 46.9 Å². The van der Waals surface area contributed by atoms with Gasteiger partial charge in [-0.3, -0.25) is 0 Å². The Morgan fingerprint density at radius 1 is 1.26 bits per heavy atom. The second kappa shape index (κ2) is 4.36. The van der Waals surface area contributed by atoms with Crippen molar-refractivity contribution in [3.63, 3.8) is 0 Å². The van der Waals surface area contributed by atoms with Crippen LogP contribution in [0.15, 0.2) is 36.4 Å². The van der Waals surface area contributed by atoms with Crippen molar-refractivity contribution >= 4 is 12.2 Å². The lowest BCUT2D eigenvalue weighted by Crippen LogP contribution is -2.16. The smallest absolute Gasteiger partial charge is 0.269 e. The Morgan fingerprint density at radius 2 is 2.00 bits per heavy atom. The van der Waals surface area contributed by atoms with E-state index >= 15 is 0 Å². The van der Waals surface area contributed by atoms with Crippen LogP contribution in [0.25, 0.3) is 17.2 Å². The predicted octanol–water partition coefficient (Wildman–Crippen LogP) is 1.82. The quantitative estimate of drug-likeness (QED) is 0.551. The van der Waals surface area contributed by atoms with Gasteiger partial charge < -0.3 is 5.84 Å². The van der Waals surface area contributed by atoms with E-state index in [2.05, 4.69) is 15.3 Å². The first-order valence-electron chi connectivity index (χ1n) is 5.72. The molecule has 0 atom stereocenters. The summed E-state index contributed by atoms with van der Waals surface area (Å²) < 4.78 is 3.31. The van der Waals surface area contributed by atoms with Crippen molar-refractivity contribution in [1.82, 2.24) is 24.7 Å². The summed E-state index contributed by atoms with van der Waals surface area (Å²) in [6.45, 7) is 1.94. The van der Waals surface area contributed by atoms with E-state index in [1.165, 1.54) is 4.68 Å². The SMILES string of the molecule is Cc1cc(-c2ccccc2)nn1-c1n[nH]c(=S)n1N. The van der Waals surface area contributed by atoms with Gasteiger partial charge in [-0.1, -0.05) is 30.3 Å². The molecule has 0 fully saturated rings. The molecular formula is C12H12N6S. The third-order valence-electron chi connectivity index (χ3n) is 2.83. The molecule has 19 heavy (non-hydrogen) atoms. The van der Waals surface area contributed by atoms with Gasteiger partial charge in [0, 0.05) is 11.3 Å². The zero-order valence-corrected chi connectivity index (χ0v) is 11.1. The number of nitrogen functional groups attached to an aromatic ring is 1. The second-order valence-corrected chi connectivity index (χ2v) is 4.53. The van der Waals surface area contributed by atoms with Gasteiger partial charge in [0.25, 0.3) is 5.95 Å². The monoisotopic (exact) mass is 272 g/mol.